The van der Waals surface area contributed by atoms with Gasteiger partial charge in [0.1, 0.15) is 6.04 Å². The molecule has 2 heterocycles. The molecule has 1 fully saturated rings. The van der Waals surface area contributed by atoms with Gasteiger partial charge in [0.2, 0.25) is 10.0 Å². The van der Waals surface area contributed by atoms with Gasteiger partial charge in [-0.15, -0.1) is 0 Å². The summed E-state index contributed by atoms with van der Waals surface area (Å²) in [5.74, 6) is 0.877. The number of hydrogen-bond donors (Lipinski definition) is 0. The van der Waals surface area contributed by atoms with E-state index in [4.69, 9.17) is 4.52 Å². The van der Waals surface area contributed by atoms with Gasteiger partial charge < -0.3 is 4.52 Å². The van der Waals surface area contributed by atoms with Crippen molar-refractivity contribution in [3.8, 4) is 28.8 Å². The van der Waals surface area contributed by atoms with Crippen LogP contribution < -0.4 is 0 Å². The molecule has 3 aromatic rings. The predicted octanol–water partition coefficient (Wildman–Crippen LogP) is 3.27. The number of rotatable bonds is 5. The zero-order valence-electron chi connectivity index (χ0n) is 16.7. The Morgan fingerprint density at radius 1 is 1.13 bits per heavy atom. The van der Waals surface area contributed by atoms with E-state index in [-0.39, 0.29) is 10.9 Å². The van der Waals surface area contributed by atoms with Crippen LogP contribution in [0.4, 0.5) is 0 Å². The van der Waals surface area contributed by atoms with Gasteiger partial charge in [-0.3, -0.25) is 4.90 Å². The Morgan fingerprint density at radius 2 is 1.83 bits per heavy atom. The standard InChI is InChI=1S/C21H21N5O3S/c1-25(2)30(27,28)18-9-4-7-16(13-18)15-6-3-8-17(12-15)21-23-20(24-29-21)19-10-5-11-26(19)14-22/h3-4,6-9,12-13,19H,5,10-11H2,1-2H3. The lowest BCUT2D eigenvalue weighted by molar-refractivity contribution is 0.339. The van der Waals surface area contributed by atoms with Crippen LogP contribution in [0.5, 0.6) is 0 Å². The van der Waals surface area contributed by atoms with E-state index in [1.165, 1.54) is 18.4 Å². The summed E-state index contributed by atoms with van der Waals surface area (Å²) in [5.41, 5.74) is 2.34. The van der Waals surface area contributed by atoms with E-state index in [0.29, 0.717) is 18.3 Å². The largest absolute Gasteiger partial charge is 0.334 e. The van der Waals surface area contributed by atoms with E-state index in [2.05, 4.69) is 16.3 Å². The minimum absolute atomic E-state index is 0.149. The molecule has 1 aromatic heterocycles. The summed E-state index contributed by atoms with van der Waals surface area (Å²) in [6.07, 6.45) is 3.92. The smallest absolute Gasteiger partial charge is 0.258 e. The molecule has 4 rings (SSSR count). The molecule has 0 radical (unpaired) electrons. The Labute approximate surface area is 175 Å². The molecular formula is C21H21N5O3S. The van der Waals surface area contributed by atoms with Crippen molar-refractivity contribution in [2.45, 2.75) is 23.8 Å². The number of likely N-dealkylation sites (tertiary alicyclic amines) is 1. The highest BCUT2D eigenvalue weighted by atomic mass is 32.2. The van der Waals surface area contributed by atoms with E-state index in [1.807, 2.05) is 30.3 Å². The second-order valence-corrected chi connectivity index (χ2v) is 9.46. The molecule has 1 atom stereocenters. The minimum Gasteiger partial charge on any atom is -0.334 e. The highest BCUT2D eigenvalue weighted by Gasteiger charge is 2.29. The molecule has 0 amide bonds. The highest BCUT2D eigenvalue weighted by molar-refractivity contribution is 7.89. The Morgan fingerprint density at radius 3 is 2.57 bits per heavy atom. The molecule has 0 N–H and O–H groups in total. The second kappa shape index (κ2) is 7.89. The summed E-state index contributed by atoms with van der Waals surface area (Å²) in [5, 5.41) is 13.3. The maximum atomic E-state index is 12.4. The third-order valence-electron chi connectivity index (χ3n) is 5.18. The first-order valence-corrected chi connectivity index (χ1v) is 11.0. The average molecular weight is 423 g/mol. The average Bonchev–Trinajstić information content (AvgIpc) is 3.43. The Kier molecular flexibility index (Phi) is 5.28. The molecule has 1 aliphatic heterocycles. The van der Waals surface area contributed by atoms with Crippen LogP contribution in [0.2, 0.25) is 0 Å². The van der Waals surface area contributed by atoms with Crippen molar-refractivity contribution in [2.75, 3.05) is 20.6 Å². The fourth-order valence-electron chi connectivity index (χ4n) is 3.52. The van der Waals surface area contributed by atoms with Gasteiger partial charge in [-0.05, 0) is 48.2 Å². The van der Waals surface area contributed by atoms with Crippen molar-refractivity contribution < 1.29 is 12.9 Å². The third-order valence-corrected chi connectivity index (χ3v) is 6.99. The van der Waals surface area contributed by atoms with Crippen LogP contribution in [-0.2, 0) is 10.0 Å². The van der Waals surface area contributed by atoms with E-state index < -0.39 is 10.0 Å². The van der Waals surface area contributed by atoms with Crippen molar-refractivity contribution in [1.82, 2.24) is 19.3 Å². The lowest BCUT2D eigenvalue weighted by atomic mass is 10.0. The van der Waals surface area contributed by atoms with Crippen LogP contribution in [0, 0.1) is 11.5 Å². The predicted molar refractivity (Wildman–Crippen MR) is 110 cm³/mol. The summed E-state index contributed by atoms with van der Waals surface area (Å²) in [6.45, 7) is 0.701. The topological polar surface area (TPSA) is 103 Å². The molecule has 30 heavy (non-hydrogen) atoms. The van der Waals surface area contributed by atoms with Gasteiger partial charge >= 0.3 is 0 Å². The third kappa shape index (κ3) is 3.67. The van der Waals surface area contributed by atoms with Gasteiger partial charge in [-0.25, -0.2) is 12.7 Å². The number of hydrogen-bond acceptors (Lipinski definition) is 7. The van der Waals surface area contributed by atoms with E-state index in [1.54, 1.807) is 23.1 Å². The van der Waals surface area contributed by atoms with Gasteiger partial charge in [0.05, 0.1) is 4.90 Å². The van der Waals surface area contributed by atoms with Crippen LogP contribution in [-0.4, -0.2) is 48.4 Å². The molecule has 2 aromatic carbocycles. The molecule has 8 nitrogen and oxygen atoms in total. The Balaban J connectivity index is 1.66. The zero-order chi connectivity index (χ0) is 21.3. The molecule has 0 bridgehead atoms. The summed E-state index contributed by atoms with van der Waals surface area (Å²) < 4.78 is 31.5. The Hall–Kier alpha value is -3.22. The van der Waals surface area contributed by atoms with Crippen LogP contribution in [0.1, 0.15) is 24.7 Å². The maximum Gasteiger partial charge on any atom is 0.258 e. The van der Waals surface area contributed by atoms with Crippen molar-refractivity contribution >= 4 is 10.0 Å². The van der Waals surface area contributed by atoms with Gasteiger partial charge in [0, 0.05) is 26.2 Å². The normalized spacial score (nSPS) is 16.7. The highest BCUT2D eigenvalue weighted by Crippen LogP contribution is 2.32. The lowest BCUT2D eigenvalue weighted by Gasteiger charge is -2.13. The van der Waals surface area contributed by atoms with Crippen LogP contribution in [0.3, 0.4) is 0 Å². The molecule has 0 saturated carbocycles. The minimum atomic E-state index is -3.52. The molecule has 9 heteroatoms. The first kappa shape index (κ1) is 20.1. The number of aromatic nitrogens is 2. The number of benzene rings is 2. The summed E-state index contributed by atoms with van der Waals surface area (Å²) in [6, 6.07) is 14.2. The van der Waals surface area contributed by atoms with E-state index in [9.17, 15) is 13.7 Å². The van der Waals surface area contributed by atoms with Crippen LogP contribution in [0.15, 0.2) is 57.9 Å². The summed E-state index contributed by atoms with van der Waals surface area (Å²) in [7, 11) is -0.507. The van der Waals surface area contributed by atoms with Gasteiger partial charge in [-0.2, -0.15) is 10.2 Å². The monoisotopic (exact) mass is 423 g/mol. The van der Waals surface area contributed by atoms with Crippen molar-refractivity contribution in [3.05, 3.63) is 54.4 Å². The SMILES string of the molecule is CN(C)S(=O)(=O)c1cccc(-c2cccc(-c3nc(C4CCCN4C#N)no3)c2)c1. The number of sulfonamides is 1. The quantitative estimate of drug-likeness (QED) is 0.580. The maximum absolute atomic E-state index is 12.4. The lowest BCUT2D eigenvalue weighted by Crippen LogP contribution is -2.22. The molecule has 0 spiro atoms. The van der Waals surface area contributed by atoms with Crippen LogP contribution in [0.25, 0.3) is 22.6 Å². The number of nitriles is 1. The first-order valence-electron chi connectivity index (χ1n) is 9.53. The zero-order valence-corrected chi connectivity index (χ0v) is 17.5. The summed E-state index contributed by atoms with van der Waals surface area (Å²) in [4.78, 5) is 6.40. The van der Waals surface area contributed by atoms with Gasteiger partial charge in [0.25, 0.3) is 5.89 Å². The molecule has 1 unspecified atom stereocenters. The van der Waals surface area contributed by atoms with E-state index in [0.717, 1.165) is 29.5 Å². The fraction of sp³-hybridized carbons (Fsp3) is 0.286. The van der Waals surface area contributed by atoms with Gasteiger partial charge in [0.15, 0.2) is 12.0 Å². The second-order valence-electron chi connectivity index (χ2n) is 7.31. The number of nitrogens with zero attached hydrogens (tertiary/aromatic N) is 5. The fourth-order valence-corrected chi connectivity index (χ4v) is 4.47. The molecular weight excluding hydrogens is 402 g/mol. The molecule has 1 saturated heterocycles. The van der Waals surface area contributed by atoms with Crippen molar-refractivity contribution in [3.63, 3.8) is 0 Å². The summed E-state index contributed by atoms with van der Waals surface area (Å²) >= 11 is 0. The molecule has 0 aliphatic carbocycles. The van der Waals surface area contributed by atoms with Gasteiger partial charge in [-0.1, -0.05) is 29.4 Å². The van der Waals surface area contributed by atoms with Crippen molar-refractivity contribution in [2.24, 2.45) is 0 Å². The first-order chi connectivity index (χ1) is 14.4. The molecule has 154 valence electrons. The molecule has 1 aliphatic rings. The Bertz CT molecular complexity index is 1210. The van der Waals surface area contributed by atoms with Crippen LogP contribution >= 0.6 is 0 Å². The van der Waals surface area contributed by atoms with Crippen molar-refractivity contribution in [1.29, 1.82) is 5.26 Å². The van der Waals surface area contributed by atoms with E-state index >= 15 is 0 Å².